The standard InChI is InChI=1S/C18H17BrN2O3/c1-21-14-7-2-3-8-15(14)24-16(18(21)23)9-10-20-17(22)12-5-4-6-13(19)11-12/h2-8,11,16H,9-10H2,1H3,(H,20,22). The minimum absolute atomic E-state index is 0.106. The molecule has 0 fully saturated rings. The molecule has 1 heterocycles. The average Bonchev–Trinajstić information content (AvgIpc) is 2.59. The van der Waals surface area contributed by atoms with Gasteiger partial charge in [-0.25, -0.2) is 0 Å². The molecule has 5 nitrogen and oxygen atoms in total. The van der Waals surface area contributed by atoms with Gasteiger partial charge < -0.3 is 15.0 Å². The molecule has 1 unspecified atom stereocenters. The minimum Gasteiger partial charge on any atom is -0.478 e. The molecule has 0 saturated carbocycles. The average molecular weight is 389 g/mol. The normalized spacial score (nSPS) is 16.3. The summed E-state index contributed by atoms with van der Waals surface area (Å²) in [5, 5.41) is 2.82. The minimum atomic E-state index is -0.590. The Hall–Kier alpha value is -2.34. The molecule has 1 atom stereocenters. The number of nitrogens with one attached hydrogen (secondary N) is 1. The lowest BCUT2D eigenvalue weighted by atomic mass is 10.1. The van der Waals surface area contributed by atoms with Gasteiger partial charge in [0.1, 0.15) is 5.75 Å². The fraction of sp³-hybridized carbons (Fsp3) is 0.222. The van der Waals surface area contributed by atoms with Crippen molar-refractivity contribution in [3.8, 4) is 5.75 Å². The molecule has 0 aliphatic carbocycles. The zero-order chi connectivity index (χ0) is 17.1. The number of para-hydroxylation sites is 2. The maximum absolute atomic E-state index is 12.4. The highest BCUT2D eigenvalue weighted by Crippen LogP contribution is 2.33. The lowest BCUT2D eigenvalue weighted by Gasteiger charge is -2.31. The third-order valence-electron chi connectivity index (χ3n) is 3.88. The van der Waals surface area contributed by atoms with Crippen molar-refractivity contribution < 1.29 is 14.3 Å². The third-order valence-corrected chi connectivity index (χ3v) is 4.37. The number of carbonyl (C=O) groups is 2. The van der Waals surface area contributed by atoms with Gasteiger partial charge in [-0.1, -0.05) is 34.1 Å². The third kappa shape index (κ3) is 3.43. The highest BCUT2D eigenvalue weighted by Gasteiger charge is 2.31. The molecular weight excluding hydrogens is 372 g/mol. The molecule has 1 aliphatic rings. The Bertz CT molecular complexity index is 778. The van der Waals surface area contributed by atoms with E-state index in [9.17, 15) is 9.59 Å². The molecule has 2 aromatic rings. The first-order chi connectivity index (χ1) is 11.6. The van der Waals surface area contributed by atoms with Crippen LogP contribution in [-0.2, 0) is 4.79 Å². The monoisotopic (exact) mass is 388 g/mol. The largest absolute Gasteiger partial charge is 0.478 e. The summed E-state index contributed by atoms with van der Waals surface area (Å²) in [5.41, 5.74) is 1.33. The SMILES string of the molecule is CN1C(=O)C(CCNC(=O)c2cccc(Br)c2)Oc2ccccc21. The smallest absolute Gasteiger partial charge is 0.267 e. The van der Waals surface area contributed by atoms with Gasteiger partial charge in [0.05, 0.1) is 5.69 Å². The Labute approximate surface area is 148 Å². The van der Waals surface area contributed by atoms with Gasteiger partial charge in [-0.05, 0) is 30.3 Å². The highest BCUT2D eigenvalue weighted by atomic mass is 79.9. The van der Waals surface area contributed by atoms with E-state index in [1.165, 1.54) is 0 Å². The Balaban J connectivity index is 1.59. The Morgan fingerprint density at radius 3 is 2.83 bits per heavy atom. The number of fused-ring (bicyclic) bond motifs is 1. The van der Waals surface area contributed by atoms with Crippen LogP contribution in [-0.4, -0.2) is 31.5 Å². The van der Waals surface area contributed by atoms with Crippen LogP contribution in [0, 0.1) is 0 Å². The second kappa shape index (κ2) is 7.05. The van der Waals surface area contributed by atoms with E-state index in [1.807, 2.05) is 30.3 Å². The van der Waals surface area contributed by atoms with Crippen LogP contribution in [0.15, 0.2) is 53.0 Å². The fourth-order valence-corrected chi connectivity index (χ4v) is 3.00. The molecule has 24 heavy (non-hydrogen) atoms. The van der Waals surface area contributed by atoms with Gasteiger partial charge in [0, 0.05) is 30.0 Å². The number of amides is 2. The molecule has 6 heteroatoms. The van der Waals surface area contributed by atoms with Crippen molar-refractivity contribution in [3.05, 3.63) is 58.6 Å². The Kier molecular flexibility index (Phi) is 4.85. The number of carbonyl (C=O) groups excluding carboxylic acids is 2. The number of hydrogen-bond donors (Lipinski definition) is 1. The number of anilines is 1. The van der Waals surface area contributed by atoms with Crippen LogP contribution in [0.1, 0.15) is 16.8 Å². The van der Waals surface area contributed by atoms with Crippen molar-refractivity contribution >= 4 is 33.4 Å². The summed E-state index contributed by atoms with van der Waals surface area (Å²) in [6, 6.07) is 14.6. The van der Waals surface area contributed by atoms with Crippen LogP contribution < -0.4 is 15.0 Å². The summed E-state index contributed by atoms with van der Waals surface area (Å²) in [4.78, 5) is 26.1. The number of likely N-dealkylation sites (N-methyl/N-ethyl adjacent to an activating group) is 1. The van der Waals surface area contributed by atoms with E-state index in [-0.39, 0.29) is 11.8 Å². The second-order valence-corrected chi connectivity index (χ2v) is 6.44. The molecule has 1 N–H and O–H groups in total. The lowest BCUT2D eigenvalue weighted by Crippen LogP contribution is -2.45. The van der Waals surface area contributed by atoms with Crippen molar-refractivity contribution in [2.24, 2.45) is 0 Å². The maximum atomic E-state index is 12.4. The lowest BCUT2D eigenvalue weighted by molar-refractivity contribution is -0.126. The van der Waals surface area contributed by atoms with Crippen LogP contribution in [0.5, 0.6) is 5.75 Å². The van der Waals surface area contributed by atoms with E-state index in [2.05, 4.69) is 21.2 Å². The van der Waals surface area contributed by atoms with Gasteiger partial charge >= 0.3 is 0 Å². The number of rotatable bonds is 4. The van der Waals surface area contributed by atoms with E-state index in [1.54, 1.807) is 30.1 Å². The summed E-state index contributed by atoms with van der Waals surface area (Å²) in [7, 11) is 1.73. The number of benzene rings is 2. The molecule has 1 aliphatic heterocycles. The number of hydrogen-bond acceptors (Lipinski definition) is 3. The molecule has 2 aromatic carbocycles. The summed E-state index contributed by atoms with van der Waals surface area (Å²) in [6.07, 6.45) is -0.176. The molecule has 2 amide bonds. The van der Waals surface area contributed by atoms with Gasteiger partial charge in [-0.15, -0.1) is 0 Å². The molecule has 0 radical (unpaired) electrons. The first kappa shape index (κ1) is 16.5. The molecule has 3 rings (SSSR count). The number of nitrogens with zero attached hydrogens (tertiary/aromatic N) is 1. The quantitative estimate of drug-likeness (QED) is 0.875. The summed E-state index contributed by atoms with van der Waals surface area (Å²) in [5.74, 6) is 0.404. The predicted molar refractivity (Wildman–Crippen MR) is 95.4 cm³/mol. The van der Waals surface area contributed by atoms with E-state index >= 15 is 0 Å². The van der Waals surface area contributed by atoms with Crippen molar-refractivity contribution in [1.29, 1.82) is 0 Å². The van der Waals surface area contributed by atoms with E-state index < -0.39 is 6.10 Å². The van der Waals surface area contributed by atoms with Gasteiger partial charge in [0.2, 0.25) is 0 Å². The Morgan fingerprint density at radius 1 is 1.25 bits per heavy atom. The van der Waals surface area contributed by atoms with Crippen LogP contribution in [0.2, 0.25) is 0 Å². The number of halogens is 1. The predicted octanol–water partition coefficient (Wildman–Crippen LogP) is 2.99. The van der Waals surface area contributed by atoms with Gasteiger partial charge in [-0.2, -0.15) is 0 Å². The van der Waals surface area contributed by atoms with Crippen LogP contribution in [0.25, 0.3) is 0 Å². The first-order valence-corrected chi connectivity index (χ1v) is 8.42. The maximum Gasteiger partial charge on any atom is 0.267 e. The summed E-state index contributed by atoms with van der Waals surface area (Å²) < 4.78 is 6.62. The van der Waals surface area contributed by atoms with Gasteiger partial charge in [0.25, 0.3) is 11.8 Å². The summed E-state index contributed by atoms with van der Waals surface area (Å²) >= 11 is 3.34. The van der Waals surface area contributed by atoms with Crippen LogP contribution in [0.3, 0.4) is 0 Å². The topological polar surface area (TPSA) is 58.6 Å². The van der Waals surface area contributed by atoms with Crippen molar-refractivity contribution in [2.75, 3.05) is 18.5 Å². The second-order valence-electron chi connectivity index (χ2n) is 5.53. The van der Waals surface area contributed by atoms with Crippen molar-refractivity contribution in [1.82, 2.24) is 5.32 Å². The molecule has 0 aromatic heterocycles. The first-order valence-electron chi connectivity index (χ1n) is 7.63. The molecule has 0 spiro atoms. The molecule has 0 saturated heterocycles. The zero-order valence-corrected chi connectivity index (χ0v) is 14.7. The number of ether oxygens (including phenoxy) is 1. The van der Waals surface area contributed by atoms with Crippen molar-refractivity contribution in [2.45, 2.75) is 12.5 Å². The van der Waals surface area contributed by atoms with Crippen molar-refractivity contribution in [3.63, 3.8) is 0 Å². The van der Waals surface area contributed by atoms with Crippen LogP contribution in [0.4, 0.5) is 5.69 Å². The molecule has 124 valence electrons. The highest BCUT2D eigenvalue weighted by molar-refractivity contribution is 9.10. The van der Waals surface area contributed by atoms with Gasteiger partial charge in [0.15, 0.2) is 6.10 Å². The van der Waals surface area contributed by atoms with E-state index in [0.29, 0.717) is 24.3 Å². The van der Waals surface area contributed by atoms with Gasteiger partial charge in [-0.3, -0.25) is 9.59 Å². The molecular formula is C18H17BrN2O3. The molecule has 0 bridgehead atoms. The van der Waals surface area contributed by atoms with E-state index in [4.69, 9.17) is 4.74 Å². The zero-order valence-electron chi connectivity index (χ0n) is 13.2. The van der Waals surface area contributed by atoms with Crippen LogP contribution >= 0.6 is 15.9 Å². The fourth-order valence-electron chi connectivity index (χ4n) is 2.60. The Morgan fingerprint density at radius 2 is 2.04 bits per heavy atom. The van der Waals surface area contributed by atoms with E-state index in [0.717, 1.165) is 10.2 Å². The summed E-state index contributed by atoms with van der Waals surface area (Å²) in [6.45, 7) is 0.359.